The first-order chi connectivity index (χ1) is 12.2. The summed E-state index contributed by atoms with van der Waals surface area (Å²) >= 11 is 0. The Morgan fingerprint density at radius 3 is 3.12 bits per heavy atom. The number of aliphatic hydroxyl groups excluding tert-OH is 1. The van der Waals surface area contributed by atoms with Crippen molar-refractivity contribution in [3.05, 3.63) is 35.6 Å². The van der Waals surface area contributed by atoms with Crippen LogP contribution in [0.3, 0.4) is 0 Å². The number of amides is 1. The van der Waals surface area contributed by atoms with E-state index < -0.39 is 0 Å². The summed E-state index contributed by atoms with van der Waals surface area (Å²) in [6.07, 6.45) is 6.34. The number of fused-ring (bicyclic) bond motifs is 1. The summed E-state index contributed by atoms with van der Waals surface area (Å²) < 4.78 is 5.55. The highest BCUT2D eigenvalue weighted by Crippen LogP contribution is 2.22. The minimum absolute atomic E-state index is 0.0395. The number of carbonyl (C=O) groups is 1. The van der Waals surface area contributed by atoms with Gasteiger partial charge in [0.15, 0.2) is 0 Å². The molecule has 2 N–H and O–H groups in total. The summed E-state index contributed by atoms with van der Waals surface area (Å²) in [7, 11) is 0. The van der Waals surface area contributed by atoms with Gasteiger partial charge in [0.2, 0.25) is 5.91 Å². The summed E-state index contributed by atoms with van der Waals surface area (Å²) in [6, 6.07) is 6.39. The Balaban J connectivity index is 1.38. The molecule has 0 aliphatic carbocycles. The van der Waals surface area contributed by atoms with E-state index in [-0.39, 0.29) is 12.5 Å². The van der Waals surface area contributed by atoms with E-state index in [2.05, 4.69) is 10.2 Å². The summed E-state index contributed by atoms with van der Waals surface area (Å²) in [4.78, 5) is 14.5. The Hall–Kier alpha value is -1.85. The maximum atomic E-state index is 12.1. The average molecular weight is 344 g/mol. The molecule has 0 radical (unpaired) electrons. The number of benzene rings is 1. The predicted molar refractivity (Wildman–Crippen MR) is 98.6 cm³/mol. The fourth-order valence-electron chi connectivity index (χ4n) is 3.63. The van der Waals surface area contributed by atoms with Gasteiger partial charge in [-0.15, -0.1) is 0 Å². The molecule has 1 amide bonds. The van der Waals surface area contributed by atoms with Crippen molar-refractivity contribution in [2.24, 2.45) is 0 Å². The molecule has 0 spiro atoms. The standard InChI is InChI=1S/C20H28N2O3/c1-15-6-7-18-16(14-25-19(18)11-15)12-20(24)21-8-2-3-9-22-10-4-5-17(22)13-23/h6-7,11,14,17,23H,2-5,8-10,12-13H2,1H3,(H,21,24). The summed E-state index contributed by atoms with van der Waals surface area (Å²) in [6.45, 7) is 5.08. The Morgan fingerprint density at radius 2 is 2.28 bits per heavy atom. The molecule has 2 aromatic rings. The third kappa shape index (κ3) is 4.61. The highest BCUT2D eigenvalue weighted by molar-refractivity contribution is 5.87. The molecule has 1 aliphatic heterocycles. The molecule has 1 aromatic heterocycles. The summed E-state index contributed by atoms with van der Waals surface area (Å²) in [5.41, 5.74) is 2.93. The molecule has 1 unspecified atom stereocenters. The number of furan rings is 1. The third-order valence-electron chi connectivity index (χ3n) is 5.07. The number of nitrogens with zero attached hydrogens (tertiary/aromatic N) is 1. The van der Waals surface area contributed by atoms with Crippen LogP contribution in [0.2, 0.25) is 0 Å². The quantitative estimate of drug-likeness (QED) is 0.723. The largest absolute Gasteiger partial charge is 0.464 e. The van der Waals surface area contributed by atoms with Crippen molar-refractivity contribution in [1.82, 2.24) is 10.2 Å². The molecule has 25 heavy (non-hydrogen) atoms. The van der Waals surface area contributed by atoms with E-state index in [1.165, 1.54) is 6.42 Å². The first-order valence-corrected chi connectivity index (χ1v) is 9.25. The average Bonchev–Trinajstić information content (AvgIpc) is 3.21. The first-order valence-electron chi connectivity index (χ1n) is 9.25. The molecular formula is C20H28N2O3. The number of hydrogen-bond donors (Lipinski definition) is 2. The minimum atomic E-state index is 0.0395. The van der Waals surface area contributed by atoms with Crippen LogP contribution in [0.5, 0.6) is 0 Å². The number of likely N-dealkylation sites (tertiary alicyclic amines) is 1. The molecule has 0 saturated carbocycles. The normalized spacial score (nSPS) is 18.1. The van der Waals surface area contributed by atoms with E-state index in [4.69, 9.17) is 4.42 Å². The van der Waals surface area contributed by atoms with Crippen LogP contribution in [0.15, 0.2) is 28.9 Å². The molecule has 3 rings (SSSR count). The van der Waals surface area contributed by atoms with Crippen molar-refractivity contribution in [2.45, 2.75) is 45.1 Å². The van der Waals surface area contributed by atoms with Crippen molar-refractivity contribution in [3.63, 3.8) is 0 Å². The summed E-state index contributed by atoms with van der Waals surface area (Å²) in [5.74, 6) is 0.0395. The second-order valence-corrected chi connectivity index (χ2v) is 7.01. The third-order valence-corrected chi connectivity index (χ3v) is 5.07. The van der Waals surface area contributed by atoms with Gasteiger partial charge in [-0.3, -0.25) is 9.69 Å². The molecule has 5 nitrogen and oxygen atoms in total. The van der Waals surface area contributed by atoms with Gasteiger partial charge < -0.3 is 14.8 Å². The van der Waals surface area contributed by atoms with Crippen molar-refractivity contribution >= 4 is 16.9 Å². The molecule has 1 aliphatic rings. The number of unbranched alkanes of at least 4 members (excludes halogenated alkanes) is 1. The lowest BCUT2D eigenvalue weighted by Crippen LogP contribution is -2.33. The zero-order chi connectivity index (χ0) is 17.6. The van der Waals surface area contributed by atoms with Crippen LogP contribution in [-0.2, 0) is 11.2 Å². The van der Waals surface area contributed by atoms with Crippen LogP contribution >= 0.6 is 0 Å². The van der Waals surface area contributed by atoms with Gasteiger partial charge in [0.1, 0.15) is 5.58 Å². The van der Waals surface area contributed by atoms with Gasteiger partial charge >= 0.3 is 0 Å². The van der Waals surface area contributed by atoms with E-state index in [9.17, 15) is 9.90 Å². The van der Waals surface area contributed by atoms with Crippen LogP contribution in [0.1, 0.15) is 36.8 Å². The second-order valence-electron chi connectivity index (χ2n) is 7.01. The molecule has 0 bridgehead atoms. The lowest BCUT2D eigenvalue weighted by atomic mass is 10.1. The first kappa shape index (κ1) is 18.0. The number of hydrogen-bond acceptors (Lipinski definition) is 4. The molecule has 1 fully saturated rings. The highest BCUT2D eigenvalue weighted by atomic mass is 16.3. The van der Waals surface area contributed by atoms with Crippen molar-refractivity contribution in [2.75, 3.05) is 26.2 Å². The van der Waals surface area contributed by atoms with Gasteiger partial charge in [-0.1, -0.05) is 12.1 Å². The number of aryl methyl sites for hydroxylation is 1. The van der Waals surface area contributed by atoms with Gasteiger partial charge in [-0.05, 0) is 57.3 Å². The lowest BCUT2D eigenvalue weighted by molar-refractivity contribution is -0.120. The van der Waals surface area contributed by atoms with Crippen LogP contribution in [0, 0.1) is 6.92 Å². The molecule has 1 saturated heterocycles. The molecule has 1 aromatic carbocycles. The van der Waals surface area contributed by atoms with Crippen LogP contribution < -0.4 is 5.32 Å². The van der Waals surface area contributed by atoms with Gasteiger partial charge in [-0.25, -0.2) is 0 Å². The zero-order valence-corrected chi connectivity index (χ0v) is 15.0. The smallest absolute Gasteiger partial charge is 0.224 e. The van der Waals surface area contributed by atoms with Gasteiger partial charge in [0.05, 0.1) is 19.3 Å². The van der Waals surface area contributed by atoms with E-state index in [0.717, 1.165) is 54.4 Å². The van der Waals surface area contributed by atoms with Crippen LogP contribution in [0.4, 0.5) is 0 Å². The number of rotatable bonds is 8. The van der Waals surface area contributed by atoms with E-state index in [1.807, 2.05) is 25.1 Å². The molecule has 136 valence electrons. The number of carbonyl (C=O) groups excluding carboxylic acids is 1. The monoisotopic (exact) mass is 344 g/mol. The Labute approximate surface area is 149 Å². The maximum Gasteiger partial charge on any atom is 0.224 e. The second kappa shape index (κ2) is 8.50. The van der Waals surface area contributed by atoms with E-state index in [0.29, 0.717) is 19.0 Å². The fraction of sp³-hybridized carbons (Fsp3) is 0.550. The molecule has 1 atom stereocenters. The lowest BCUT2D eigenvalue weighted by Gasteiger charge is -2.22. The van der Waals surface area contributed by atoms with Gasteiger partial charge in [-0.2, -0.15) is 0 Å². The highest BCUT2D eigenvalue weighted by Gasteiger charge is 2.22. The van der Waals surface area contributed by atoms with E-state index in [1.54, 1.807) is 6.26 Å². The Morgan fingerprint density at radius 1 is 1.40 bits per heavy atom. The predicted octanol–water partition coefficient (Wildman–Crippen LogP) is 2.64. The Bertz CT molecular complexity index is 710. The topological polar surface area (TPSA) is 65.7 Å². The van der Waals surface area contributed by atoms with Crippen molar-refractivity contribution in [3.8, 4) is 0 Å². The number of aliphatic hydroxyl groups is 1. The van der Waals surface area contributed by atoms with Crippen LogP contribution in [0.25, 0.3) is 11.0 Å². The van der Waals surface area contributed by atoms with Crippen molar-refractivity contribution < 1.29 is 14.3 Å². The maximum absolute atomic E-state index is 12.1. The zero-order valence-electron chi connectivity index (χ0n) is 15.0. The molecule has 2 heterocycles. The SMILES string of the molecule is Cc1ccc2c(CC(=O)NCCCCN3CCCC3CO)coc2c1. The van der Waals surface area contributed by atoms with Crippen LogP contribution in [-0.4, -0.2) is 48.2 Å². The fourth-order valence-corrected chi connectivity index (χ4v) is 3.63. The van der Waals surface area contributed by atoms with Gasteiger partial charge in [0, 0.05) is 23.5 Å². The molecular weight excluding hydrogens is 316 g/mol. The van der Waals surface area contributed by atoms with E-state index >= 15 is 0 Å². The molecule has 5 heteroatoms. The Kier molecular flexibility index (Phi) is 6.10. The summed E-state index contributed by atoms with van der Waals surface area (Å²) in [5, 5.41) is 13.3. The number of nitrogens with one attached hydrogen (secondary N) is 1. The van der Waals surface area contributed by atoms with Crippen molar-refractivity contribution in [1.29, 1.82) is 0 Å². The van der Waals surface area contributed by atoms with Gasteiger partial charge in [0.25, 0.3) is 0 Å². The minimum Gasteiger partial charge on any atom is -0.464 e.